The van der Waals surface area contributed by atoms with E-state index in [9.17, 15) is 0 Å². The SMILES string of the molecule is Cc1nc(C)n(-c2ccc(Br)cc2N=[N+]=[N-])c1Cl. The molecule has 0 bridgehead atoms. The van der Waals surface area contributed by atoms with Crippen molar-refractivity contribution in [2.75, 3.05) is 0 Å². The number of benzene rings is 1. The quantitative estimate of drug-likeness (QED) is 0.442. The smallest absolute Gasteiger partial charge is 0.136 e. The van der Waals surface area contributed by atoms with Crippen molar-refractivity contribution in [3.8, 4) is 5.69 Å². The van der Waals surface area contributed by atoms with Crippen LogP contribution in [0.15, 0.2) is 27.8 Å². The molecule has 0 atom stereocenters. The van der Waals surface area contributed by atoms with E-state index in [0.717, 1.165) is 16.0 Å². The van der Waals surface area contributed by atoms with Crippen molar-refractivity contribution in [1.29, 1.82) is 0 Å². The van der Waals surface area contributed by atoms with Crippen molar-refractivity contribution in [3.63, 3.8) is 0 Å². The maximum Gasteiger partial charge on any atom is 0.136 e. The summed E-state index contributed by atoms with van der Waals surface area (Å²) in [6.07, 6.45) is 0. The molecule has 7 heteroatoms. The minimum absolute atomic E-state index is 0.495. The maximum atomic E-state index is 8.61. The molecule has 18 heavy (non-hydrogen) atoms. The zero-order chi connectivity index (χ0) is 13.3. The monoisotopic (exact) mass is 325 g/mol. The molecule has 0 spiro atoms. The van der Waals surface area contributed by atoms with E-state index in [0.29, 0.717) is 16.5 Å². The molecule has 0 fully saturated rings. The van der Waals surface area contributed by atoms with E-state index in [2.05, 4.69) is 30.9 Å². The third kappa shape index (κ3) is 2.22. The van der Waals surface area contributed by atoms with Gasteiger partial charge in [-0.3, -0.25) is 4.57 Å². The average Bonchev–Trinajstić information content (AvgIpc) is 2.55. The molecule has 2 rings (SSSR count). The molecule has 0 radical (unpaired) electrons. The summed E-state index contributed by atoms with van der Waals surface area (Å²) in [7, 11) is 0. The van der Waals surface area contributed by atoms with Crippen molar-refractivity contribution in [2.45, 2.75) is 13.8 Å². The van der Waals surface area contributed by atoms with Crippen molar-refractivity contribution in [1.82, 2.24) is 9.55 Å². The normalized spacial score (nSPS) is 10.2. The van der Waals surface area contributed by atoms with Crippen LogP contribution in [0.25, 0.3) is 16.1 Å². The van der Waals surface area contributed by atoms with Crippen LogP contribution in [0.3, 0.4) is 0 Å². The van der Waals surface area contributed by atoms with Crippen LogP contribution in [0.4, 0.5) is 5.69 Å². The van der Waals surface area contributed by atoms with Crippen LogP contribution < -0.4 is 0 Å². The topological polar surface area (TPSA) is 66.6 Å². The lowest BCUT2D eigenvalue weighted by Crippen LogP contribution is -1.97. The number of aromatic nitrogens is 2. The largest absolute Gasteiger partial charge is 0.287 e. The van der Waals surface area contributed by atoms with Crippen LogP contribution in [0, 0.1) is 13.8 Å². The summed E-state index contributed by atoms with van der Waals surface area (Å²) < 4.78 is 2.59. The number of halogens is 2. The highest BCUT2D eigenvalue weighted by molar-refractivity contribution is 9.10. The van der Waals surface area contributed by atoms with Gasteiger partial charge in [-0.05, 0) is 37.6 Å². The Bertz CT molecular complexity index is 658. The molecule has 0 saturated heterocycles. The number of hydrogen-bond donors (Lipinski definition) is 0. The lowest BCUT2D eigenvalue weighted by molar-refractivity contribution is 0.973. The molecule has 0 aliphatic rings. The summed E-state index contributed by atoms with van der Waals surface area (Å²) in [5.41, 5.74) is 10.6. The average molecular weight is 327 g/mol. The Kier molecular flexibility index (Phi) is 3.61. The molecular weight excluding hydrogens is 318 g/mol. The number of rotatable bonds is 2. The molecule has 1 aromatic carbocycles. The van der Waals surface area contributed by atoms with Gasteiger partial charge in [0.25, 0.3) is 0 Å². The lowest BCUT2D eigenvalue weighted by atomic mass is 10.2. The third-order valence-electron chi connectivity index (χ3n) is 2.48. The molecule has 0 amide bonds. The predicted molar refractivity (Wildman–Crippen MR) is 74.6 cm³/mol. The van der Waals surface area contributed by atoms with Gasteiger partial charge in [0, 0.05) is 9.38 Å². The van der Waals surface area contributed by atoms with Gasteiger partial charge in [0.15, 0.2) is 0 Å². The summed E-state index contributed by atoms with van der Waals surface area (Å²) in [6, 6.07) is 5.42. The number of nitrogens with zero attached hydrogens (tertiary/aromatic N) is 5. The minimum Gasteiger partial charge on any atom is -0.287 e. The fourth-order valence-electron chi connectivity index (χ4n) is 1.74. The Balaban J connectivity index is 2.74. The molecule has 92 valence electrons. The van der Waals surface area contributed by atoms with Crippen LogP contribution in [-0.4, -0.2) is 9.55 Å². The minimum atomic E-state index is 0.495. The standard InChI is InChI=1S/C11H9BrClN5/c1-6-11(13)18(7(2)15-6)10-4-3-8(12)5-9(10)16-17-14/h3-5H,1-2H3. The van der Waals surface area contributed by atoms with Gasteiger partial charge < -0.3 is 0 Å². The lowest BCUT2D eigenvalue weighted by Gasteiger charge is -2.10. The Morgan fingerprint density at radius 2 is 2.17 bits per heavy atom. The summed E-state index contributed by atoms with van der Waals surface area (Å²) in [4.78, 5) is 7.12. The first-order chi connectivity index (χ1) is 8.54. The van der Waals surface area contributed by atoms with Gasteiger partial charge in [-0.15, -0.1) is 0 Å². The highest BCUT2D eigenvalue weighted by atomic mass is 79.9. The molecule has 0 saturated carbocycles. The molecule has 1 heterocycles. The summed E-state index contributed by atoms with van der Waals surface area (Å²) in [5.74, 6) is 0.745. The van der Waals surface area contributed by atoms with Crippen LogP contribution in [0.2, 0.25) is 5.15 Å². The first-order valence-electron chi connectivity index (χ1n) is 5.11. The summed E-state index contributed by atoms with van der Waals surface area (Å²) in [5, 5.41) is 4.20. The Morgan fingerprint density at radius 3 is 2.72 bits per heavy atom. The van der Waals surface area contributed by atoms with Crippen LogP contribution in [0.1, 0.15) is 11.5 Å². The Hall–Kier alpha value is -1.49. The highest BCUT2D eigenvalue weighted by Gasteiger charge is 2.13. The fourth-order valence-corrected chi connectivity index (χ4v) is 2.34. The van der Waals surface area contributed by atoms with Crippen molar-refractivity contribution >= 4 is 33.2 Å². The molecule has 1 aromatic heterocycles. The van der Waals surface area contributed by atoms with E-state index in [1.165, 1.54) is 0 Å². The highest BCUT2D eigenvalue weighted by Crippen LogP contribution is 2.32. The van der Waals surface area contributed by atoms with Crippen LogP contribution in [-0.2, 0) is 0 Å². The van der Waals surface area contributed by atoms with E-state index < -0.39 is 0 Å². The number of hydrogen-bond acceptors (Lipinski definition) is 2. The predicted octanol–water partition coefficient (Wildman–Crippen LogP) is 4.85. The Labute approximate surface area is 117 Å². The third-order valence-corrected chi connectivity index (χ3v) is 3.41. The number of aryl methyl sites for hydroxylation is 2. The molecule has 0 aliphatic carbocycles. The number of azide groups is 1. The molecule has 0 N–H and O–H groups in total. The van der Waals surface area contributed by atoms with E-state index in [-0.39, 0.29) is 0 Å². The summed E-state index contributed by atoms with van der Waals surface area (Å²) >= 11 is 9.55. The summed E-state index contributed by atoms with van der Waals surface area (Å²) in [6.45, 7) is 3.68. The molecular formula is C11H9BrClN5. The zero-order valence-electron chi connectivity index (χ0n) is 9.72. The van der Waals surface area contributed by atoms with Crippen LogP contribution in [0.5, 0.6) is 0 Å². The molecule has 2 aromatic rings. The van der Waals surface area contributed by atoms with Crippen molar-refractivity contribution < 1.29 is 0 Å². The van der Waals surface area contributed by atoms with Gasteiger partial charge >= 0.3 is 0 Å². The maximum absolute atomic E-state index is 8.61. The van der Waals surface area contributed by atoms with Gasteiger partial charge in [-0.2, -0.15) is 0 Å². The first-order valence-corrected chi connectivity index (χ1v) is 6.28. The number of imidazole rings is 1. The molecule has 0 unspecified atom stereocenters. The Morgan fingerprint density at radius 1 is 1.44 bits per heavy atom. The van der Waals surface area contributed by atoms with E-state index >= 15 is 0 Å². The van der Waals surface area contributed by atoms with Crippen LogP contribution >= 0.6 is 27.5 Å². The van der Waals surface area contributed by atoms with Gasteiger partial charge in [-0.25, -0.2) is 4.98 Å². The zero-order valence-corrected chi connectivity index (χ0v) is 12.1. The second-order valence-electron chi connectivity index (χ2n) is 3.69. The molecule has 0 aliphatic heterocycles. The van der Waals surface area contributed by atoms with Gasteiger partial charge in [0.1, 0.15) is 11.0 Å². The van der Waals surface area contributed by atoms with E-state index in [1.807, 2.05) is 26.0 Å². The fraction of sp³-hybridized carbons (Fsp3) is 0.182. The van der Waals surface area contributed by atoms with Crippen molar-refractivity contribution in [3.05, 3.63) is 49.8 Å². The van der Waals surface area contributed by atoms with Gasteiger partial charge in [0.05, 0.1) is 17.1 Å². The molecule has 5 nitrogen and oxygen atoms in total. The van der Waals surface area contributed by atoms with Gasteiger partial charge in [0.2, 0.25) is 0 Å². The van der Waals surface area contributed by atoms with E-state index in [4.69, 9.17) is 17.1 Å². The van der Waals surface area contributed by atoms with Gasteiger partial charge in [-0.1, -0.05) is 32.6 Å². The van der Waals surface area contributed by atoms with Crippen molar-refractivity contribution in [2.24, 2.45) is 5.11 Å². The first kappa shape index (κ1) is 13.0. The second kappa shape index (κ2) is 5.02. The second-order valence-corrected chi connectivity index (χ2v) is 4.97. The van der Waals surface area contributed by atoms with E-state index in [1.54, 1.807) is 10.6 Å².